The van der Waals surface area contributed by atoms with Gasteiger partial charge in [0, 0.05) is 13.2 Å². The molecule has 0 saturated heterocycles. The number of hydrogen-bond acceptors (Lipinski definition) is 3. The minimum atomic E-state index is -1.26. The lowest BCUT2D eigenvalue weighted by Crippen LogP contribution is -2.53. The van der Waals surface area contributed by atoms with Gasteiger partial charge in [-0.2, -0.15) is 0 Å². The summed E-state index contributed by atoms with van der Waals surface area (Å²) in [6.45, 7) is 5.12. The Morgan fingerprint density at radius 3 is 2.63 bits per heavy atom. The molecule has 2 N–H and O–H groups in total. The molecule has 6 nitrogen and oxygen atoms in total. The average Bonchev–Trinajstić information content (AvgIpc) is 2.36. The molecule has 1 rings (SSSR count). The molecule has 0 saturated carbocycles. The van der Waals surface area contributed by atoms with Crippen LogP contribution < -0.4 is 5.32 Å². The molecule has 0 aromatic carbocycles. The smallest absolute Gasteiger partial charge is 0.329 e. The highest BCUT2D eigenvalue weighted by atomic mass is 16.4. The summed E-state index contributed by atoms with van der Waals surface area (Å²) in [5, 5.41) is 11.7. The van der Waals surface area contributed by atoms with E-state index in [1.807, 2.05) is 19.1 Å². The van der Waals surface area contributed by atoms with E-state index in [-0.39, 0.29) is 6.54 Å². The van der Waals surface area contributed by atoms with Crippen molar-refractivity contribution in [3.05, 3.63) is 29.6 Å². The molecule has 1 aromatic rings. The summed E-state index contributed by atoms with van der Waals surface area (Å²) < 4.78 is 0. The summed E-state index contributed by atoms with van der Waals surface area (Å²) >= 11 is 0. The first-order chi connectivity index (χ1) is 8.76. The fourth-order valence-electron chi connectivity index (χ4n) is 1.38. The van der Waals surface area contributed by atoms with Gasteiger partial charge in [-0.05, 0) is 32.4 Å². The Balaban J connectivity index is 2.66. The summed E-state index contributed by atoms with van der Waals surface area (Å²) in [5.74, 6) is -1.06. The molecule has 1 heterocycles. The van der Waals surface area contributed by atoms with E-state index in [0.717, 1.165) is 16.2 Å². The third kappa shape index (κ3) is 3.43. The first kappa shape index (κ1) is 14.9. The molecule has 104 valence electrons. The molecule has 0 radical (unpaired) electrons. The predicted octanol–water partition coefficient (Wildman–Crippen LogP) is 1.39. The highest BCUT2D eigenvalue weighted by Crippen LogP contribution is 2.12. The van der Waals surface area contributed by atoms with Crippen LogP contribution in [-0.2, 0) is 11.3 Å². The fourth-order valence-corrected chi connectivity index (χ4v) is 1.38. The summed E-state index contributed by atoms with van der Waals surface area (Å²) in [5.41, 5.74) is 0.476. The maximum atomic E-state index is 11.9. The van der Waals surface area contributed by atoms with Crippen LogP contribution in [0.2, 0.25) is 0 Å². The van der Waals surface area contributed by atoms with Crippen molar-refractivity contribution in [2.45, 2.75) is 32.9 Å². The van der Waals surface area contributed by atoms with Gasteiger partial charge >= 0.3 is 12.0 Å². The topological polar surface area (TPSA) is 82.5 Å². The third-order valence-electron chi connectivity index (χ3n) is 3.19. The Morgan fingerprint density at radius 2 is 2.11 bits per heavy atom. The molecule has 1 aromatic heterocycles. The van der Waals surface area contributed by atoms with E-state index >= 15 is 0 Å². The normalized spacial score (nSPS) is 10.9. The number of aromatic nitrogens is 1. The Labute approximate surface area is 112 Å². The number of carbonyl (C=O) groups excluding carboxylic acids is 1. The molecule has 2 amide bonds. The SMILES string of the molecule is Cc1cccnc1CNC(=O)N(C)C(C)(C)C(=O)O. The van der Waals surface area contributed by atoms with E-state index in [4.69, 9.17) is 5.11 Å². The van der Waals surface area contributed by atoms with Gasteiger partial charge in [-0.3, -0.25) is 4.98 Å². The van der Waals surface area contributed by atoms with E-state index in [2.05, 4.69) is 10.3 Å². The zero-order valence-corrected chi connectivity index (χ0v) is 11.6. The highest BCUT2D eigenvalue weighted by Gasteiger charge is 2.35. The lowest BCUT2D eigenvalue weighted by molar-refractivity contribution is -0.146. The Hall–Kier alpha value is -2.11. The van der Waals surface area contributed by atoms with Crippen molar-refractivity contribution in [1.82, 2.24) is 15.2 Å². The first-order valence-electron chi connectivity index (χ1n) is 5.92. The van der Waals surface area contributed by atoms with Gasteiger partial charge in [0.1, 0.15) is 5.54 Å². The quantitative estimate of drug-likeness (QED) is 0.862. The molecule has 0 unspecified atom stereocenters. The van der Waals surface area contributed by atoms with Crippen molar-refractivity contribution in [1.29, 1.82) is 0 Å². The van der Waals surface area contributed by atoms with Crippen LogP contribution in [0.25, 0.3) is 0 Å². The van der Waals surface area contributed by atoms with Crippen LogP contribution in [0.5, 0.6) is 0 Å². The van der Waals surface area contributed by atoms with Gasteiger partial charge in [0.05, 0.1) is 12.2 Å². The molecule has 0 aliphatic rings. The summed E-state index contributed by atoms with van der Waals surface area (Å²) in [6, 6.07) is 3.28. The number of aryl methyl sites for hydroxylation is 1. The Kier molecular flexibility index (Phi) is 4.47. The summed E-state index contributed by atoms with van der Waals surface area (Å²) in [4.78, 5) is 28.3. The van der Waals surface area contributed by atoms with Crippen molar-refractivity contribution in [3.63, 3.8) is 0 Å². The van der Waals surface area contributed by atoms with Crippen LogP contribution in [0.1, 0.15) is 25.1 Å². The van der Waals surface area contributed by atoms with Crippen LogP contribution >= 0.6 is 0 Å². The number of nitrogens with one attached hydrogen (secondary N) is 1. The zero-order chi connectivity index (χ0) is 14.6. The van der Waals surface area contributed by atoms with Crippen molar-refractivity contribution in [3.8, 4) is 0 Å². The Morgan fingerprint density at radius 1 is 1.47 bits per heavy atom. The van der Waals surface area contributed by atoms with E-state index in [1.54, 1.807) is 6.20 Å². The molecule has 0 fully saturated rings. The van der Waals surface area contributed by atoms with E-state index in [9.17, 15) is 9.59 Å². The minimum Gasteiger partial charge on any atom is -0.480 e. The first-order valence-corrected chi connectivity index (χ1v) is 5.92. The van der Waals surface area contributed by atoms with Gasteiger partial charge in [-0.1, -0.05) is 6.07 Å². The number of aliphatic carboxylic acids is 1. The number of hydrogen-bond donors (Lipinski definition) is 2. The summed E-state index contributed by atoms with van der Waals surface area (Å²) in [6.07, 6.45) is 1.65. The second-order valence-corrected chi connectivity index (χ2v) is 4.85. The van der Waals surface area contributed by atoms with Gasteiger partial charge in [-0.15, -0.1) is 0 Å². The number of likely N-dealkylation sites (N-methyl/N-ethyl adjacent to an activating group) is 1. The molecule has 19 heavy (non-hydrogen) atoms. The van der Waals surface area contributed by atoms with E-state index in [0.29, 0.717) is 0 Å². The summed E-state index contributed by atoms with van der Waals surface area (Å²) in [7, 11) is 1.45. The van der Waals surface area contributed by atoms with Gasteiger partial charge in [0.25, 0.3) is 0 Å². The largest absolute Gasteiger partial charge is 0.480 e. The van der Waals surface area contributed by atoms with Crippen LogP contribution in [0, 0.1) is 6.92 Å². The van der Waals surface area contributed by atoms with Crippen LogP contribution in [0.15, 0.2) is 18.3 Å². The molecule has 0 spiro atoms. The van der Waals surface area contributed by atoms with Gasteiger partial charge < -0.3 is 15.3 Å². The molecule has 0 aliphatic heterocycles. The number of pyridine rings is 1. The molecule has 0 atom stereocenters. The second-order valence-electron chi connectivity index (χ2n) is 4.85. The zero-order valence-electron chi connectivity index (χ0n) is 11.6. The molecule has 0 aliphatic carbocycles. The monoisotopic (exact) mass is 265 g/mol. The number of carbonyl (C=O) groups is 2. The maximum Gasteiger partial charge on any atom is 0.329 e. The standard InChI is InChI=1S/C13H19N3O3/c1-9-6-5-7-14-10(9)8-15-12(19)16(4)13(2,3)11(17)18/h5-7H,8H2,1-4H3,(H,15,19)(H,17,18). The molecular weight excluding hydrogens is 246 g/mol. The second kappa shape index (κ2) is 5.69. The number of rotatable bonds is 4. The molecular formula is C13H19N3O3. The lowest BCUT2D eigenvalue weighted by atomic mass is 10.1. The van der Waals surface area contributed by atoms with E-state index in [1.165, 1.54) is 20.9 Å². The van der Waals surface area contributed by atoms with E-state index < -0.39 is 17.5 Å². The number of amides is 2. The number of nitrogens with zero attached hydrogens (tertiary/aromatic N) is 2. The van der Waals surface area contributed by atoms with Crippen molar-refractivity contribution < 1.29 is 14.7 Å². The van der Waals surface area contributed by atoms with Crippen molar-refractivity contribution in [2.24, 2.45) is 0 Å². The van der Waals surface area contributed by atoms with Gasteiger partial charge in [-0.25, -0.2) is 9.59 Å². The van der Waals surface area contributed by atoms with Crippen LogP contribution in [0.3, 0.4) is 0 Å². The van der Waals surface area contributed by atoms with Gasteiger partial charge in [0.2, 0.25) is 0 Å². The molecule has 0 bridgehead atoms. The highest BCUT2D eigenvalue weighted by molar-refractivity contribution is 5.85. The van der Waals surface area contributed by atoms with Gasteiger partial charge in [0.15, 0.2) is 0 Å². The minimum absolute atomic E-state index is 0.269. The maximum absolute atomic E-state index is 11.9. The van der Waals surface area contributed by atoms with Crippen molar-refractivity contribution in [2.75, 3.05) is 7.05 Å². The van der Waals surface area contributed by atoms with Crippen LogP contribution in [0.4, 0.5) is 4.79 Å². The number of carboxylic acids is 1. The number of carboxylic acid groups (broad SMARTS) is 1. The molecule has 6 heteroatoms. The Bertz CT molecular complexity index is 486. The predicted molar refractivity (Wildman–Crippen MR) is 70.7 cm³/mol. The van der Waals surface area contributed by atoms with Crippen LogP contribution in [-0.4, -0.2) is 39.6 Å². The fraction of sp³-hybridized carbons (Fsp3) is 0.462. The number of urea groups is 1. The third-order valence-corrected chi connectivity index (χ3v) is 3.19. The average molecular weight is 265 g/mol. The van der Waals surface area contributed by atoms with Crippen molar-refractivity contribution >= 4 is 12.0 Å². The lowest BCUT2D eigenvalue weighted by Gasteiger charge is -2.31.